The molecule has 0 aliphatic heterocycles. The molecule has 1 aromatic heterocycles. The summed E-state index contributed by atoms with van der Waals surface area (Å²) in [7, 11) is 0. The molecular weight excluding hydrogens is 262 g/mol. The van der Waals surface area contributed by atoms with Crippen LogP contribution in [0.3, 0.4) is 0 Å². The Kier molecular flexibility index (Phi) is 5.24. The fourth-order valence-corrected chi connectivity index (χ4v) is 3.28. The van der Waals surface area contributed by atoms with E-state index in [0.29, 0.717) is 5.92 Å². The maximum atomic E-state index is 10.7. The first kappa shape index (κ1) is 14.4. The van der Waals surface area contributed by atoms with Crippen molar-refractivity contribution in [2.24, 2.45) is 5.92 Å². The van der Waals surface area contributed by atoms with Gasteiger partial charge in [0, 0.05) is 13.0 Å². The number of nitrogens with zero attached hydrogens (tertiary/aromatic N) is 3. The minimum atomic E-state index is -0.808. The van der Waals surface area contributed by atoms with Crippen molar-refractivity contribution in [1.29, 1.82) is 0 Å². The van der Waals surface area contributed by atoms with Gasteiger partial charge in [0.15, 0.2) is 5.16 Å². The third kappa shape index (κ3) is 3.96. The zero-order valence-corrected chi connectivity index (χ0v) is 12.2. The molecule has 6 heteroatoms. The molecular formula is C13H21N3O2S. The molecule has 0 radical (unpaired) electrons. The number of rotatable bonds is 7. The average Bonchev–Trinajstić information content (AvgIpc) is 2.99. The summed E-state index contributed by atoms with van der Waals surface area (Å²) in [4.78, 5) is 10.7. The summed E-state index contributed by atoms with van der Waals surface area (Å²) in [6.45, 7) is 3.07. The summed E-state index contributed by atoms with van der Waals surface area (Å²) in [5.74, 6) is 0.949. The summed E-state index contributed by atoms with van der Waals surface area (Å²) in [5.41, 5.74) is 0. The number of aryl methyl sites for hydroxylation is 1. The fourth-order valence-electron chi connectivity index (χ4n) is 2.60. The summed E-state index contributed by atoms with van der Waals surface area (Å²) in [5, 5.41) is 17.9. The van der Waals surface area contributed by atoms with E-state index in [1.165, 1.54) is 37.4 Å². The van der Waals surface area contributed by atoms with Gasteiger partial charge in [0.25, 0.3) is 0 Å². The molecule has 0 atom stereocenters. The molecule has 0 bridgehead atoms. The zero-order chi connectivity index (χ0) is 13.7. The lowest BCUT2D eigenvalue weighted by Crippen LogP contribution is -2.12. The van der Waals surface area contributed by atoms with E-state index in [2.05, 4.69) is 21.7 Å². The number of carbonyl (C=O) groups is 1. The van der Waals surface area contributed by atoms with Crippen LogP contribution in [0.5, 0.6) is 0 Å². The maximum absolute atomic E-state index is 10.7. The Morgan fingerprint density at radius 3 is 2.79 bits per heavy atom. The molecule has 1 heterocycles. The standard InChI is InChI=1S/C13H21N3O2S/c1-2-5-11-14-15-13(19-9-12(17)18)16(11)8-10-6-3-4-7-10/h10H,2-9H2,1H3,(H,17,18). The van der Waals surface area contributed by atoms with Crippen molar-refractivity contribution in [3.05, 3.63) is 5.82 Å². The maximum Gasteiger partial charge on any atom is 0.313 e. The van der Waals surface area contributed by atoms with Gasteiger partial charge in [-0.25, -0.2) is 0 Å². The molecule has 0 aromatic carbocycles. The highest BCUT2D eigenvalue weighted by atomic mass is 32.2. The van der Waals surface area contributed by atoms with Crippen molar-refractivity contribution in [3.63, 3.8) is 0 Å². The van der Waals surface area contributed by atoms with Crippen LogP contribution in [0.1, 0.15) is 44.9 Å². The molecule has 0 saturated heterocycles. The van der Waals surface area contributed by atoms with Gasteiger partial charge in [-0.3, -0.25) is 4.79 Å². The highest BCUT2D eigenvalue weighted by Crippen LogP contribution is 2.28. The molecule has 5 nitrogen and oxygen atoms in total. The van der Waals surface area contributed by atoms with Gasteiger partial charge in [-0.15, -0.1) is 10.2 Å². The first-order valence-corrected chi connectivity index (χ1v) is 7.96. The van der Waals surface area contributed by atoms with E-state index in [9.17, 15) is 4.79 Å². The molecule has 1 N–H and O–H groups in total. The molecule has 0 amide bonds. The lowest BCUT2D eigenvalue weighted by Gasteiger charge is -2.14. The average molecular weight is 283 g/mol. The smallest absolute Gasteiger partial charge is 0.313 e. The number of carboxylic acid groups (broad SMARTS) is 1. The van der Waals surface area contributed by atoms with Gasteiger partial charge < -0.3 is 9.67 Å². The van der Waals surface area contributed by atoms with E-state index in [4.69, 9.17) is 5.11 Å². The Labute approximate surface area is 117 Å². The molecule has 106 valence electrons. The zero-order valence-electron chi connectivity index (χ0n) is 11.3. The van der Waals surface area contributed by atoms with Crippen molar-refractivity contribution in [2.75, 3.05) is 5.75 Å². The molecule has 1 aliphatic carbocycles. The number of aliphatic carboxylic acids is 1. The molecule has 1 aromatic rings. The number of hydrogen-bond donors (Lipinski definition) is 1. The first-order valence-electron chi connectivity index (χ1n) is 6.97. The van der Waals surface area contributed by atoms with Crippen LogP contribution >= 0.6 is 11.8 Å². The second-order valence-corrected chi connectivity index (χ2v) is 6.03. The van der Waals surface area contributed by atoms with E-state index in [0.717, 1.165) is 30.4 Å². The number of aromatic nitrogens is 3. The van der Waals surface area contributed by atoms with E-state index in [1.807, 2.05) is 0 Å². The van der Waals surface area contributed by atoms with Crippen LogP contribution < -0.4 is 0 Å². The van der Waals surface area contributed by atoms with Gasteiger partial charge in [0.2, 0.25) is 0 Å². The fraction of sp³-hybridized carbons (Fsp3) is 0.769. The molecule has 0 spiro atoms. The van der Waals surface area contributed by atoms with Crippen molar-refractivity contribution in [3.8, 4) is 0 Å². The largest absolute Gasteiger partial charge is 0.481 e. The quantitative estimate of drug-likeness (QED) is 0.779. The topological polar surface area (TPSA) is 68.0 Å². The Bertz CT molecular complexity index is 428. The summed E-state index contributed by atoms with van der Waals surface area (Å²) < 4.78 is 2.15. The number of hydrogen-bond acceptors (Lipinski definition) is 4. The van der Waals surface area contributed by atoms with Gasteiger partial charge in [-0.2, -0.15) is 0 Å². The highest BCUT2D eigenvalue weighted by molar-refractivity contribution is 7.99. The van der Waals surface area contributed by atoms with Crippen LogP contribution in [-0.2, 0) is 17.8 Å². The lowest BCUT2D eigenvalue weighted by atomic mass is 10.1. The number of thioether (sulfide) groups is 1. The van der Waals surface area contributed by atoms with E-state index in [1.54, 1.807) is 0 Å². The minimum Gasteiger partial charge on any atom is -0.481 e. The second-order valence-electron chi connectivity index (χ2n) is 5.09. The van der Waals surface area contributed by atoms with Crippen LogP contribution in [0, 0.1) is 5.92 Å². The van der Waals surface area contributed by atoms with Gasteiger partial charge in [-0.05, 0) is 25.2 Å². The predicted octanol–water partition coefficient (Wildman–Crippen LogP) is 2.60. The molecule has 1 aliphatic rings. The molecule has 19 heavy (non-hydrogen) atoms. The SMILES string of the molecule is CCCc1nnc(SCC(=O)O)n1CC1CCCC1. The predicted molar refractivity (Wildman–Crippen MR) is 74.3 cm³/mol. The molecule has 2 rings (SSSR count). The van der Waals surface area contributed by atoms with Crippen molar-refractivity contribution in [2.45, 2.75) is 57.1 Å². The van der Waals surface area contributed by atoms with Crippen molar-refractivity contribution in [1.82, 2.24) is 14.8 Å². The normalized spacial score (nSPS) is 16.1. The third-order valence-corrected chi connectivity index (χ3v) is 4.46. The number of carboxylic acids is 1. The van der Waals surface area contributed by atoms with Gasteiger partial charge >= 0.3 is 5.97 Å². The Morgan fingerprint density at radius 1 is 1.42 bits per heavy atom. The monoisotopic (exact) mass is 283 g/mol. The van der Waals surface area contributed by atoms with E-state index in [-0.39, 0.29) is 5.75 Å². The molecule has 0 unspecified atom stereocenters. The van der Waals surface area contributed by atoms with Crippen LogP contribution in [0.25, 0.3) is 0 Å². The summed E-state index contributed by atoms with van der Waals surface area (Å²) >= 11 is 1.28. The third-order valence-electron chi connectivity index (χ3n) is 3.51. The lowest BCUT2D eigenvalue weighted by molar-refractivity contribution is -0.133. The van der Waals surface area contributed by atoms with Crippen LogP contribution in [-0.4, -0.2) is 31.6 Å². The highest BCUT2D eigenvalue weighted by Gasteiger charge is 2.20. The van der Waals surface area contributed by atoms with Crippen molar-refractivity contribution >= 4 is 17.7 Å². The molecule has 1 saturated carbocycles. The van der Waals surface area contributed by atoms with Crippen molar-refractivity contribution < 1.29 is 9.90 Å². The van der Waals surface area contributed by atoms with Gasteiger partial charge in [0.1, 0.15) is 5.82 Å². The Hall–Kier alpha value is -1.04. The van der Waals surface area contributed by atoms with Crippen LogP contribution in [0.4, 0.5) is 0 Å². The minimum absolute atomic E-state index is 0.0505. The van der Waals surface area contributed by atoms with Gasteiger partial charge in [0.05, 0.1) is 5.75 Å². The van der Waals surface area contributed by atoms with Crippen LogP contribution in [0.15, 0.2) is 5.16 Å². The second kappa shape index (κ2) is 6.93. The first-order chi connectivity index (χ1) is 9.20. The Morgan fingerprint density at radius 2 is 2.16 bits per heavy atom. The molecule has 1 fully saturated rings. The van der Waals surface area contributed by atoms with E-state index < -0.39 is 5.97 Å². The van der Waals surface area contributed by atoms with E-state index >= 15 is 0 Å². The Balaban J connectivity index is 2.09. The summed E-state index contributed by atoms with van der Waals surface area (Å²) in [6.07, 6.45) is 7.11. The summed E-state index contributed by atoms with van der Waals surface area (Å²) in [6, 6.07) is 0. The van der Waals surface area contributed by atoms with Crippen LogP contribution in [0.2, 0.25) is 0 Å². The van der Waals surface area contributed by atoms with Gasteiger partial charge in [-0.1, -0.05) is 31.5 Å².